The maximum atomic E-state index is 4.37. The van der Waals surface area contributed by atoms with Crippen LogP contribution in [0.5, 0.6) is 0 Å². The van der Waals surface area contributed by atoms with Gasteiger partial charge in [0.2, 0.25) is 0 Å². The van der Waals surface area contributed by atoms with E-state index in [4.69, 9.17) is 0 Å². The van der Waals surface area contributed by atoms with Gasteiger partial charge in [-0.25, -0.2) is 15.0 Å². The number of allylic oxidation sites excluding steroid dienone is 1. The van der Waals surface area contributed by atoms with Crippen LogP contribution in [0, 0.1) is 0 Å². The molecule has 3 heterocycles. The van der Waals surface area contributed by atoms with Crippen LogP contribution in [0.4, 0.5) is 5.82 Å². The molecule has 1 aliphatic rings. The first kappa shape index (κ1) is 16.1. The van der Waals surface area contributed by atoms with Crippen molar-refractivity contribution in [3.05, 3.63) is 72.6 Å². The Morgan fingerprint density at radius 2 is 2.08 bits per heavy atom. The highest BCUT2D eigenvalue weighted by Crippen LogP contribution is 2.34. The molecule has 130 valence electrons. The summed E-state index contributed by atoms with van der Waals surface area (Å²) in [6.07, 6.45) is 9.38. The van der Waals surface area contributed by atoms with Gasteiger partial charge < -0.3 is 15.2 Å². The number of aromatic amines is 1. The smallest absolute Gasteiger partial charge is 0.182 e. The summed E-state index contributed by atoms with van der Waals surface area (Å²) in [5.74, 6) is 0.728. The Hall–Kier alpha value is -3.41. The van der Waals surface area contributed by atoms with Crippen molar-refractivity contribution in [1.82, 2.24) is 24.8 Å². The molecule has 4 rings (SSSR count). The zero-order valence-corrected chi connectivity index (χ0v) is 14.8. The molecule has 2 aromatic heterocycles. The third-order valence-electron chi connectivity index (χ3n) is 4.46. The number of aromatic nitrogens is 4. The lowest BCUT2D eigenvalue weighted by Crippen LogP contribution is -2.30. The average Bonchev–Trinajstić information content (AvgIpc) is 3.14. The summed E-state index contributed by atoms with van der Waals surface area (Å²) in [6, 6.07) is 8.28. The standard InChI is InChI=1S/C20H20N6/c1-4-9-26-14(3)16-8-6-5-7-15(16)10-17(26)13(2)25-20-18-19(22-11-21-18)23-12-24-20/h4-13H,3H2,1-2H3,(H2,21,22,23,24,25). The molecule has 6 heteroatoms. The molecule has 0 fully saturated rings. The van der Waals surface area contributed by atoms with E-state index in [1.54, 1.807) is 6.33 Å². The van der Waals surface area contributed by atoms with E-state index in [0.717, 1.165) is 33.9 Å². The van der Waals surface area contributed by atoms with E-state index < -0.39 is 0 Å². The fourth-order valence-electron chi connectivity index (χ4n) is 3.21. The number of H-pyrrole nitrogens is 1. The molecule has 0 radical (unpaired) electrons. The first-order valence-corrected chi connectivity index (χ1v) is 8.51. The largest absolute Gasteiger partial charge is 0.360 e. The van der Waals surface area contributed by atoms with Gasteiger partial charge in [-0.05, 0) is 25.5 Å². The second-order valence-electron chi connectivity index (χ2n) is 6.14. The Morgan fingerprint density at radius 3 is 2.92 bits per heavy atom. The van der Waals surface area contributed by atoms with Crippen LogP contribution < -0.4 is 5.32 Å². The molecule has 2 N–H and O–H groups in total. The molecule has 6 nitrogen and oxygen atoms in total. The first-order valence-electron chi connectivity index (χ1n) is 8.51. The van der Waals surface area contributed by atoms with Crippen LogP contribution in [0.25, 0.3) is 22.9 Å². The van der Waals surface area contributed by atoms with Crippen LogP contribution in [0.1, 0.15) is 25.0 Å². The fraction of sp³-hybridized carbons (Fsp3) is 0.150. The third-order valence-corrected chi connectivity index (χ3v) is 4.46. The second kappa shape index (κ2) is 6.48. The number of nitrogens with one attached hydrogen (secondary N) is 2. The minimum atomic E-state index is -0.00212. The number of fused-ring (bicyclic) bond motifs is 2. The third kappa shape index (κ3) is 2.65. The van der Waals surface area contributed by atoms with Gasteiger partial charge in [-0.15, -0.1) is 0 Å². The Morgan fingerprint density at radius 1 is 1.23 bits per heavy atom. The molecule has 0 amide bonds. The van der Waals surface area contributed by atoms with Crippen molar-refractivity contribution in [3.8, 4) is 0 Å². The van der Waals surface area contributed by atoms with Gasteiger partial charge in [0, 0.05) is 23.2 Å². The highest BCUT2D eigenvalue weighted by Gasteiger charge is 2.24. The van der Waals surface area contributed by atoms with Gasteiger partial charge >= 0.3 is 0 Å². The molecule has 26 heavy (non-hydrogen) atoms. The molecule has 0 saturated carbocycles. The van der Waals surface area contributed by atoms with Crippen LogP contribution in [0.2, 0.25) is 0 Å². The van der Waals surface area contributed by atoms with Gasteiger partial charge in [0.25, 0.3) is 0 Å². The molecule has 1 atom stereocenters. The van der Waals surface area contributed by atoms with Crippen LogP contribution >= 0.6 is 0 Å². The van der Waals surface area contributed by atoms with Gasteiger partial charge in [0.15, 0.2) is 11.5 Å². The molecule has 1 unspecified atom stereocenters. The highest BCUT2D eigenvalue weighted by atomic mass is 15.2. The number of anilines is 1. The summed E-state index contributed by atoms with van der Waals surface area (Å²) in [5.41, 5.74) is 5.80. The number of nitrogens with zero attached hydrogens (tertiary/aromatic N) is 4. The van der Waals surface area contributed by atoms with Crippen LogP contribution in [-0.2, 0) is 0 Å². The first-order chi connectivity index (χ1) is 12.7. The maximum Gasteiger partial charge on any atom is 0.182 e. The van der Waals surface area contributed by atoms with Crippen LogP contribution in [0.3, 0.4) is 0 Å². The van der Waals surface area contributed by atoms with Crippen molar-refractivity contribution in [1.29, 1.82) is 0 Å². The van der Waals surface area contributed by atoms with Gasteiger partial charge in [0.1, 0.15) is 11.8 Å². The number of hydrogen-bond donors (Lipinski definition) is 2. The van der Waals surface area contributed by atoms with Crippen molar-refractivity contribution in [3.63, 3.8) is 0 Å². The molecule has 0 aliphatic carbocycles. The lowest BCUT2D eigenvalue weighted by Gasteiger charge is -2.34. The lowest BCUT2D eigenvalue weighted by atomic mass is 9.96. The van der Waals surface area contributed by atoms with Crippen molar-refractivity contribution in [2.45, 2.75) is 19.9 Å². The van der Waals surface area contributed by atoms with Crippen LogP contribution in [0.15, 0.2) is 61.5 Å². The molecule has 1 aromatic carbocycles. The number of imidazole rings is 1. The summed E-state index contributed by atoms with van der Waals surface area (Å²) >= 11 is 0. The lowest BCUT2D eigenvalue weighted by molar-refractivity contribution is 0.601. The second-order valence-corrected chi connectivity index (χ2v) is 6.14. The zero-order chi connectivity index (χ0) is 18.1. The maximum absolute atomic E-state index is 4.37. The Labute approximate surface area is 152 Å². The summed E-state index contributed by atoms with van der Waals surface area (Å²) in [7, 11) is 0. The van der Waals surface area contributed by atoms with Crippen molar-refractivity contribution in [2.75, 3.05) is 5.32 Å². The van der Waals surface area contributed by atoms with Crippen LogP contribution in [-0.4, -0.2) is 30.9 Å². The van der Waals surface area contributed by atoms with Crippen molar-refractivity contribution < 1.29 is 0 Å². The number of benzene rings is 1. The Kier molecular flexibility index (Phi) is 4.01. The van der Waals surface area contributed by atoms with Crippen molar-refractivity contribution >= 4 is 28.8 Å². The van der Waals surface area contributed by atoms with E-state index in [1.165, 1.54) is 6.33 Å². The topological polar surface area (TPSA) is 69.7 Å². The molecule has 0 saturated heterocycles. The predicted molar refractivity (Wildman–Crippen MR) is 105 cm³/mol. The number of hydrogen-bond acceptors (Lipinski definition) is 5. The summed E-state index contributed by atoms with van der Waals surface area (Å²) in [4.78, 5) is 17.9. The Balaban J connectivity index is 1.73. The minimum Gasteiger partial charge on any atom is -0.360 e. The van der Waals surface area contributed by atoms with E-state index in [2.05, 4.69) is 61.9 Å². The summed E-state index contributed by atoms with van der Waals surface area (Å²) in [6.45, 7) is 8.41. The quantitative estimate of drug-likeness (QED) is 0.748. The SMILES string of the molecule is C=C1c2ccccc2C=C(C(C)Nc2ncnc3nc[nH]c23)N1C=CC. The van der Waals surface area contributed by atoms with Crippen molar-refractivity contribution in [2.24, 2.45) is 0 Å². The Bertz CT molecular complexity index is 1030. The molecular weight excluding hydrogens is 324 g/mol. The summed E-state index contributed by atoms with van der Waals surface area (Å²) < 4.78 is 0. The van der Waals surface area contributed by atoms with Gasteiger partial charge in [-0.2, -0.15) is 0 Å². The predicted octanol–water partition coefficient (Wildman–Crippen LogP) is 4.01. The average molecular weight is 344 g/mol. The van der Waals surface area contributed by atoms with E-state index in [1.807, 2.05) is 31.3 Å². The van der Waals surface area contributed by atoms with E-state index in [0.29, 0.717) is 5.65 Å². The molecule has 0 bridgehead atoms. The van der Waals surface area contributed by atoms with E-state index in [-0.39, 0.29) is 6.04 Å². The van der Waals surface area contributed by atoms with Gasteiger partial charge in [0.05, 0.1) is 12.4 Å². The zero-order valence-electron chi connectivity index (χ0n) is 14.8. The molecule has 3 aromatic rings. The van der Waals surface area contributed by atoms with E-state index in [9.17, 15) is 0 Å². The normalized spacial score (nSPS) is 15.2. The molecule has 0 spiro atoms. The highest BCUT2D eigenvalue weighted by molar-refractivity contribution is 5.83. The number of rotatable bonds is 4. The summed E-state index contributed by atoms with van der Waals surface area (Å²) in [5, 5.41) is 3.47. The molecule has 1 aliphatic heterocycles. The minimum absolute atomic E-state index is 0.00212. The molecular formula is C20H20N6. The van der Waals surface area contributed by atoms with E-state index >= 15 is 0 Å². The monoisotopic (exact) mass is 344 g/mol. The van der Waals surface area contributed by atoms with Gasteiger partial charge in [-0.3, -0.25) is 0 Å². The van der Waals surface area contributed by atoms with Gasteiger partial charge in [-0.1, -0.05) is 36.9 Å². The fourth-order valence-corrected chi connectivity index (χ4v) is 3.21.